The van der Waals surface area contributed by atoms with E-state index >= 15 is 0 Å². The van der Waals surface area contributed by atoms with Crippen LogP contribution in [0.5, 0.6) is 23.0 Å². The molecule has 0 amide bonds. The lowest BCUT2D eigenvalue weighted by Crippen LogP contribution is -2.60. The van der Waals surface area contributed by atoms with Gasteiger partial charge in [-0.05, 0) is 44.0 Å². The third-order valence-electron chi connectivity index (χ3n) is 6.27. The molecule has 1 aromatic heterocycles. The molecule has 0 unspecified atom stereocenters. The molecule has 2 heterocycles. The zero-order valence-electron chi connectivity index (χ0n) is 21.0. The van der Waals surface area contributed by atoms with Crippen LogP contribution in [0.1, 0.15) is 19.4 Å². The molecule has 6 N–H and O–H groups in total. The van der Waals surface area contributed by atoms with Gasteiger partial charge in [0.15, 0.2) is 16.9 Å². The van der Waals surface area contributed by atoms with E-state index in [1.165, 1.54) is 31.4 Å². The minimum Gasteiger partial charge on any atom is -0.504 e. The Bertz CT molecular complexity index is 1380. The molecule has 11 nitrogen and oxygen atoms in total. The number of rotatable bonds is 7. The minimum absolute atomic E-state index is 0.0478. The number of aliphatic hydroxyl groups excluding tert-OH is 4. The van der Waals surface area contributed by atoms with Crippen LogP contribution in [0.15, 0.2) is 51.2 Å². The van der Waals surface area contributed by atoms with Gasteiger partial charge >= 0.3 is 0 Å². The van der Waals surface area contributed by atoms with Crippen molar-refractivity contribution in [3.05, 3.63) is 57.8 Å². The summed E-state index contributed by atoms with van der Waals surface area (Å²) in [6.45, 7) is 3.19. The van der Waals surface area contributed by atoms with Crippen molar-refractivity contribution in [1.29, 1.82) is 0 Å². The summed E-state index contributed by atoms with van der Waals surface area (Å²) in [5.74, 6) is -0.620. The molecule has 1 aliphatic rings. The van der Waals surface area contributed by atoms with Crippen LogP contribution in [0.25, 0.3) is 22.3 Å². The second-order valence-corrected chi connectivity index (χ2v) is 9.28. The number of aromatic hydroxyl groups is 2. The lowest BCUT2D eigenvalue weighted by Gasteiger charge is -2.39. The molecule has 0 radical (unpaired) electrons. The first-order valence-electron chi connectivity index (χ1n) is 11.9. The molecular weight excluding hydrogens is 500 g/mol. The van der Waals surface area contributed by atoms with E-state index in [1.807, 2.05) is 19.9 Å². The second-order valence-electron chi connectivity index (χ2n) is 9.28. The fraction of sp³-hybridized carbons (Fsp3) is 0.370. The zero-order chi connectivity index (χ0) is 27.7. The van der Waals surface area contributed by atoms with Crippen molar-refractivity contribution >= 4 is 11.0 Å². The Kier molecular flexibility index (Phi) is 7.95. The Morgan fingerprint density at radius 1 is 1.00 bits per heavy atom. The molecule has 0 aliphatic carbocycles. The van der Waals surface area contributed by atoms with Gasteiger partial charge in [0, 0.05) is 17.7 Å². The summed E-state index contributed by atoms with van der Waals surface area (Å²) in [5, 5.41) is 60.7. The van der Waals surface area contributed by atoms with E-state index < -0.39 is 42.7 Å². The molecule has 5 atom stereocenters. The number of benzene rings is 2. The van der Waals surface area contributed by atoms with Gasteiger partial charge in [0.25, 0.3) is 0 Å². The molecular formula is C27H30O11. The number of aliphatic hydroxyl groups is 4. The first-order valence-corrected chi connectivity index (χ1v) is 11.9. The second kappa shape index (κ2) is 11.0. The lowest BCUT2D eigenvalue weighted by molar-refractivity contribution is -0.277. The maximum Gasteiger partial charge on any atom is 0.229 e. The van der Waals surface area contributed by atoms with Gasteiger partial charge in [-0.2, -0.15) is 0 Å². The molecule has 1 aliphatic heterocycles. The van der Waals surface area contributed by atoms with E-state index in [2.05, 4.69) is 0 Å². The van der Waals surface area contributed by atoms with Crippen molar-refractivity contribution in [3.8, 4) is 34.3 Å². The Hall–Kier alpha value is -3.61. The van der Waals surface area contributed by atoms with E-state index in [0.29, 0.717) is 12.0 Å². The molecule has 4 rings (SSSR count). The highest BCUT2D eigenvalue weighted by Gasteiger charge is 2.45. The molecule has 0 spiro atoms. The average molecular weight is 531 g/mol. The Morgan fingerprint density at radius 3 is 2.29 bits per heavy atom. The molecule has 38 heavy (non-hydrogen) atoms. The van der Waals surface area contributed by atoms with Crippen LogP contribution in [-0.4, -0.2) is 75.1 Å². The molecule has 1 saturated heterocycles. The largest absolute Gasteiger partial charge is 0.504 e. The van der Waals surface area contributed by atoms with Gasteiger partial charge in [0.1, 0.15) is 41.5 Å². The zero-order valence-corrected chi connectivity index (χ0v) is 21.0. The van der Waals surface area contributed by atoms with E-state index in [1.54, 1.807) is 6.07 Å². The van der Waals surface area contributed by atoms with Crippen LogP contribution in [-0.2, 0) is 11.2 Å². The highest BCUT2D eigenvalue weighted by Crippen LogP contribution is 2.40. The maximum atomic E-state index is 13.1. The number of fused-ring (bicyclic) bond motifs is 1. The van der Waals surface area contributed by atoms with E-state index in [0.717, 1.165) is 5.57 Å². The quantitative estimate of drug-likeness (QED) is 0.244. The number of ether oxygens (including phenoxy) is 3. The van der Waals surface area contributed by atoms with Crippen LogP contribution in [0.2, 0.25) is 0 Å². The van der Waals surface area contributed by atoms with Gasteiger partial charge in [0.05, 0.1) is 19.1 Å². The van der Waals surface area contributed by atoms with E-state index in [9.17, 15) is 35.4 Å². The van der Waals surface area contributed by atoms with Crippen molar-refractivity contribution in [3.63, 3.8) is 0 Å². The van der Waals surface area contributed by atoms with Gasteiger partial charge in [-0.25, -0.2) is 0 Å². The highest BCUT2D eigenvalue weighted by molar-refractivity contribution is 5.82. The molecule has 3 aromatic rings. The van der Waals surface area contributed by atoms with Gasteiger partial charge in [-0.15, -0.1) is 0 Å². The van der Waals surface area contributed by atoms with Gasteiger partial charge in [-0.3, -0.25) is 4.79 Å². The van der Waals surface area contributed by atoms with Crippen molar-refractivity contribution in [1.82, 2.24) is 0 Å². The molecule has 2 aromatic carbocycles. The van der Waals surface area contributed by atoms with Crippen molar-refractivity contribution < 1.29 is 49.3 Å². The predicted octanol–water partition coefficient (Wildman–Crippen LogP) is 1.57. The summed E-state index contributed by atoms with van der Waals surface area (Å²) < 4.78 is 22.3. The van der Waals surface area contributed by atoms with Crippen molar-refractivity contribution in [2.75, 3.05) is 13.7 Å². The fourth-order valence-electron chi connectivity index (χ4n) is 4.19. The molecule has 11 heteroatoms. The number of hydrogen-bond donors (Lipinski definition) is 6. The maximum absolute atomic E-state index is 13.1. The smallest absolute Gasteiger partial charge is 0.229 e. The summed E-state index contributed by atoms with van der Waals surface area (Å²) in [5.41, 5.74) is 1.47. The fourth-order valence-corrected chi connectivity index (χ4v) is 4.19. The summed E-state index contributed by atoms with van der Waals surface area (Å²) in [6.07, 6.45) is -5.17. The lowest BCUT2D eigenvalue weighted by atomic mass is 9.99. The summed E-state index contributed by atoms with van der Waals surface area (Å²) in [6, 6.07) is 6.78. The van der Waals surface area contributed by atoms with Crippen LogP contribution in [0.3, 0.4) is 0 Å². The molecule has 0 saturated carbocycles. The first kappa shape index (κ1) is 27.4. The summed E-state index contributed by atoms with van der Waals surface area (Å²) >= 11 is 0. The monoisotopic (exact) mass is 530 g/mol. The standard InChI is InChI=1S/C27H30O11/c1-12(2)4-5-13-6-15-16(29)9-19(14-7-17(30)26(35-3)18(31)8-14)36-21(15)10-20(13)37-27-25(34)24(33)23(32)22(11-28)38-27/h4,6-10,22-25,27-28,30-34H,5,11H2,1-3H3/t22-,23+,24-,25-,27+/m0/s1. The van der Waals surface area contributed by atoms with Gasteiger partial charge in [0.2, 0.25) is 12.0 Å². The van der Waals surface area contributed by atoms with E-state index in [-0.39, 0.29) is 45.3 Å². The number of hydrogen-bond acceptors (Lipinski definition) is 11. The predicted molar refractivity (Wildman–Crippen MR) is 135 cm³/mol. The number of phenols is 2. The molecule has 1 fully saturated rings. The third-order valence-corrected chi connectivity index (χ3v) is 6.27. The molecule has 0 bridgehead atoms. The SMILES string of the molecule is COc1c(O)cc(-c2cc(=O)c3cc(CC=C(C)C)c(O[C@@H]4O[C@@H](CO)[C@@H](O)[C@H](O)[C@@H]4O)cc3o2)cc1O. The van der Waals surface area contributed by atoms with Crippen molar-refractivity contribution in [2.45, 2.75) is 51.0 Å². The van der Waals surface area contributed by atoms with Crippen LogP contribution in [0, 0.1) is 0 Å². The highest BCUT2D eigenvalue weighted by atomic mass is 16.7. The van der Waals surface area contributed by atoms with Gasteiger partial charge < -0.3 is 49.3 Å². The molecule has 204 valence electrons. The Balaban J connectivity index is 1.81. The summed E-state index contributed by atoms with van der Waals surface area (Å²) in [4.78, 5) is 13.1. The summed E-state index contributed by atoms with van der Waals surface area (Å²) in [7, 11) is 1.29. The first-order chi connectivity index (χ1) is 18.0. The average Bonchev–Trinajstić information content (AvgIpc) is 2.87. The Labute approximate surface area is 217 Å². The van der Waals surface area contributed by atoms with Gasteiger partial charge in [-0.1, -0.05) is 11.6 Å². The van der Waals surface area contributed by atoms with Crippen LogP contribution < -0.4 is 14.9 Å². The van der Waals surface area contributed by atoms with Crippen LogP contribution >= 0.6 is 0 Å². The van der Waals surface area contributed by atoms with E-state index in [4.69, 9.17) is 18.6 Å². The normalized spacial score (nSPS) is 23.3. The van der Waals surface area contributed by atoms with Crippen molar-refractivity contribution in [2.24, 2.45) is 0 Å². The third kappa shape index (κ3) is 5.33. The number of allylic oxidation sites excluding steroid dienone is 2. The number of methoxy groups -OCH3 is 1. The Morgan fingerprint density at radius 2 is 1.68 bits per heavy atom. The topological polar surface area (TPSA) is 179 Å². The van der Waals surface area contributed by atoms with Crippen LogP contribution in [0.4, 0.5) is 0 Å². The minimum atomic E-state index is -1.64. The number of phenolic OH excluding ortho intramolecular Hbond substituents is 2.